The van der Waals surface area contributed by atoms with Gasteiger partial charge < -0.3 is 20.3 Å². The predicted octanol–water partition coefficient (Wildman–Crippen LogP) is 3.37. The normalized spacial score (nSPS) is 16.6. The smallest absolute Gasteiger partial charge is 0.243 e. The molecule has 1 unspecified atom stereocenters. The van der Waals surface area contributed by atoms with Crippen molar-refractivity contribution in [3.63, 3.8) is 0 Å². The van der Waals surface area contributed by atoms with Crippen LogP contribution in [0.25, 0.3) is 0 Å². The van der Waals surface area contributed by atoms with E-state index < -0.39 is 0 Å². The molecule has 0 bridgehead atoms. The van der Waals surface area contributed by atoms with Crippen LogP contribution in [0.15, 0.2) is 40.2 Å². The first kappa shape index (κ1) is 26.0. The van der Waals surface area contributed by atoms with E-state index in [4.69, 9.17) is 4.74 Å². The monoisotopic (exact) mass is 534 g/mol. The molecular weight excluding hydrogens is 499 g/mol. The molecule has 1 aliphatic rings. The van der Waals surface area contributed by atoms with Crippen molar-refractivity contribution < 1.29 is 9.53 Å². The number of rotatable bonds is 10. The Balaban J connectivity index is 0.00000420. The van der Waals surface area contributed by atoms with Crippen molar-refractivity contribution in [2.75, 3.05) is 46.1 Å². The van der Waals surface area contributed by atoms with E-state index in [1.54, 1.807) is 30.8 Å². The van der Waals surface area contributed by atoms with Crippen LogP contribution in [0.3, 0.4) is 0 Å². The minimum absolute atomic E-state index is 0. The number of likely N-dealkylation sites (N-methyl/N-ethyl adjacent to an activating group) is 1. The molecule has 6 nitrogen and oxygen atoms in total. The molecule has 2 rings (SSSR count). The molecule has 1 fully saturated rings. The number of benzene rings is 1. The fourth-order valence-electron chi connectivity index (χ4n) is 2.89. The lowest BCUT2D eigenvalue weighted by molar-refractivity contribution is -0.127. The first-order chi connectivity index (χ1) is 13.6. The van der Waals surface area contributed by atoms with Gasteiger partial charge >= 0.3 is 0 Å². The second kappa shape index (κ2) is 15.8. The number of guanidine groups is 1. The Hall–Kier alpha value is -1.000. The molecule has 29 heavy (non-hydrogen) atoms. The van der Waals surface area contributed by atoms with Gasteiger partial charge in [0.15, 0.2) is 5.96 Å². The molecule has 1 aromatic rings. The van der Waals surface area contributed by atoms with Crippen molar-refractivity contribution in [2.45, 2.75) is 43.1 Å². The van der Waals surface area contributed by atoms with Crippen molar-refractivity contribution in [2.24, 2.45) is 4.99 Å². The highest BCUT2D eigenvalue weighted by Gasteiger charge is 2.13. The van der Waals surface area contributed by atoms with Crippen LogP contribution in [0, 0.1) is 0 Å². The highest BCUT2D eigenvalue weighted by Crippen LogP contribution is 2.17. The van der Waals surface area contributed by atoms with Gasteiger partial charge in [0.1, 0.15) is 6.54 Å². The van der Waals surface area contributed by atoms with Crippen LogP contribution in [0.2, 0.25) is 0 Å². The first-order valence-electron chi connectivity index (χ1n) is 10.2. The van der Waals surface area contributed by atoms with Crippen molar-refractivity contribution in [3.05, 3.63) is 30.3 Å². The van der Waals surface area contributed by atoms with E-state index in [0.717, 1.165) is 38.3 Å². The Morgan fingerprint density at radius 3 is 2.66 bits per heavy atom. The second-order valence-electron chi connectivity index (χ2n) is 7.10. The molecule has 1 saturated heterocycles. The average molecular weight is 535 g/mol. The van der Waals surface area contributed by atoms with E-state index in [0.29, 0.717) is 12.1 Å². The zero-order chi connectivity index (χ0) is 20.0. The summed E-state index contributed by atoms with van der Waals surface area (Å²) in [7, 11) is 3.50. The number of thioether (sulfide) groups is 1. The zero-order valence-electron chi connectivity index (χ0n) is 17.6. The molecule has 8 heteroatoms. The molecule has 0 radical (unpaired) electrons. The molecule has 164 valence electrons. The Bertz CT molecular complexity index is 596. The van der Waals surface area contributed by atoms with Gasteiger partial charge in [-0.3, -0.25) is 4.79 Å². The number of ether oxygens (including phenoxy) is 1. The summed E-state index contributed by atoms with van der Waals surface area (Å²) in [4.78, 5) is 19.1. The summed E-state index contributed by atoms with van der Waals surface area (Å²) in [5.74, 6) is 1.63. The third kappa shape index (κ3) is 11.7. The van der Waals surface area contributed by atoms with Crippen LogP contribution in [0.1, 0.15) is 32.1 Å². The highest BCUT2D eigenvalue weighted by atomic mass is 127. The summed E-state index contributed by atoms with van der Waals surface area (Å²) >= 11 is 1.80. The van der Waals surface area contributed by atoms with E-state index in [-0.39, 0.29) is 36.4 Å². The van der Waals surface area contributed by atoms with E-state index in [2.05, 4.69) is 27.8 Å². The summed E-state index contributed by atoms with van der Waals surface area (Å²) in [5, 5.41) is 6.69. The third-order valence-electron chi connectivity index (χ3n) is 4.55. The number of carbonyl (C=O) groups excluding carboxylic acids is 1. The number of amides is 1. The lowest BCUT2D eigenvalue weighted by atomic mass is 10.0. The van der Waals surface area contributed by atoms with Crippen molar-refractivity contribution in [1.29, 1.82) is 0 Å². The van der Waals surface area contributed by atoms with E-state index in [1.807, 2.05) is 18.2 Å². The summed E-state index contributed by atoms with van der Waals surface area (Å²) in [6.45, 7) is 2.67. The summed E-state index contributed by atoms with van der Waals surface area (Å²) in [6.07, 6.45) is 6.15. The molecule has 1 amide bonds. The first-order valence-corrected chi connectivity index (χ1v) is 11.2. The Morgan fingerprint density at radius 2 is 1.97 bits per heavy atom. The highest BCUT2D eigenvalue weighted by molar-refractivity contribution is 14.0. The van der Waals surface area contributed by atoms with Crippen molar-refractivity contribution in [1.82, 2.24) is 15.5 Å². The second-order valence-corrected chi connectivity index (χ2v) is 8.27. The van der Waals surface area contributed by atoms with Gasteiger partial charge in [-0.1, -0.05) is 18.2 Å². The number of nitrogens with one attached hydrogen (secondary N) is 2. The number of carbonyl (C=O) groups is 1. The molecule has 1 atom stereocenters. The van der Waals surface area contributed by atoms with Gasteiger partial charge in [-0.05, 0) is 44.2 Å². The third-order valence-corrected chi connectivity index (χ3v) is 5.56. The van der Waals surface area contributed by atoms with Crippen molar-refractivity contribution >= 4 is 47.6 Å². The maximum atomic E-state index is 11.8. The van der Waals surface area contributed by atoms with E-state index in [9.17, 15) is 4.79 Å². The fraction of sp³-hybridized carbons (Fsp3) is 0.619. The molecule has 1 heterocycles. The number of hydrogen-bond acceptors (Lipinski definition) is 4. The fourth-order valence-corrected chi connectivity index (χ4v) is 3.68. The van der Waals surface area contributed by atoms with E-state index >= 15 is 0 Å². The van der Waals surface area contributed by atoms with Crippen LogP contribution in [0.5, 0.6) is 0 Å². The number of nitrogens with zero attached hydrogens (tertiary/aromatic N) is 2. The van der Waals surface area contributed by atoms with Crippen LogP contribution in [0.4, 0.5) is 0 Å². The van der Waals surface area contributed by atoms with Gasteiger partial charge in [0, 0.05) is 44.4 Å². The van der Waals surface area contributed by atoms with Gasteiger partial charge in [0.2, 0.25) is 5.91 Å². The van der Waals surface area contributed by atoms with Crippen LogP contribution in [-0.2, 0) is 9.53 Å². The summed E-state index contributed by atoms with van der Waals surface area (Å²) in [5.41, 5.74) is 0. The molecule has 0 spiro atoms. The summed E-state index contributed by atoms with van der Waals surface area (Å²) in [6, 6.07) is 10.3. The van der Waals surface area contributed by atoms with Gasteiger partial charge in [-0.2, -0.15) is 0 Å². The molecule has 0 saturated carbocycles. The van der Waals surface area contributed by atoms with E-state index in [1.165, 1.54) is 24.2 Å². The van der Waals surface area contributed by atoms with Crippen LogP contribution < -0.4 is 10.6 Å². The maximum Gasteiger partial charge on any atom is 0.243 e. The maximum absolute atomic E-state index is 11.8. The molecular formula is C21H35IN4O2S. The van der Waals surface area contributed by atoms with Gasteiger partial charge in [0.05, 0.1) is 6.10 Å². The number of halogens is 1. The number of hydrogen-bond donors (Lipinski definition) is 2. The lowest BCUT2D eigenvalue weighted by Crippen LogP contribution is -2.40. The molecule has 1 aliphatic heterocycles. The Kier molecular flexibility index (Phi) is 14.2. The minimum Gasteiger partial charge on any atom is -0.378 e. The molecule has 1 aromatic carbocycles. The van der Waals surface area contributed by atoms with Gasteiger partial charge in [0.25, 0.3) is 0 Å². The topological polar surface area (TPSA) is 66.0 Å². The van der Waals surface area contributed by atoms with Crippen LogP contribution in [-0.4, -0.2) is 69.0 Å². The lowest BCUT2D eigenvalue weighted by Gasteiger charge is -2.22. The van der Waals surface area contributed by atoms with Gasteiger partial charge in [-0.15, -0.1) is 35.7 Å². The number of aliphatic imine (C=N–C) groups is 1. The predicted molar refractivity (Wildman–Crippen MR) is 132 cm³/mol. The minimum atomic E-state index is -0.00429. The Morgan fingerprint density at radius 1 is 1.21 bits per heavy atom. The largest absolute Gasteiger partial charge is 0.378 e. The van der Waals surface area contributed by atoms with Gasteiger partial charge in [-0.25, -0.2) is 4.99 Å². The quantitative estimate of drug-likeness (QED) is 0.159. The van der Waals surface area contributed by atoms with Crippen molar-refractivity contribution in [3.8, 4) is 0 Å². The zero-order valence-corrected chi connectivity index (χ0v) is 20.7. The standard InChI is InChI=1S/C21H34N4O2S.HI/c1-25(2)20(26)17-24-21(22-13-8-10-18-9-6-7-15-27-18)23-14-16-28-19-11-4-3-5-12-19;/h3-5,11-12,18H,6-10,13-17H2,1-2H3,(H2,22,23,24);1H. The molecule has 0 aliphatic carbocycles. The molecule has 2 N–H and O–H groups in total. The SMILES string of the molecule is CN(C)C(=O)CN=C(NCCCC1CCCCO1)NCCSc1ccccc1.I. The summed E-state index contributed by atoms with van der Waals surface area (Å²) < 4.78 is 5.79. The molecule has 0 aromatic heterocycles. The average Bonchev–Trinajstić information content (AvgIpc) is 2.73. The van der Waals surface area contributed by atoms with Crippen LogP contribution >= 0.6 is 35.7 Å². The Labute approximate surface area is 196 Å².